The van der Waals surface area contributed by atoms with Crippen LogP contribution < -0.4 is 10.1 Å². The van der Waals surface area contributed by atoms with Crippen molar-refractivity contribution in [3.63, 3.8) is 0 Å². The Morgan fingerprint density at radius 3 is 2.42 bits per heavy atom. The highest BCUT2D eigenvalue weighted by atomic mass is 19.4. The molecule has 0 atom stereocenters. The van der Waals surface area contributed by atoms with Gasteiger partial charge >= 0.3 is 6.36 Å². The summed E-state index contributed by atoms with van der Waals surface area (Å²) in [4.78, 5) is 12.4. The number of carbonyl (C=O) groups is 1. The van der Waals surface area contributed by atoms with E-state index in [1.807, 2.05) is 0 Å². The first kappa shape index (κ1) is 21.6. The van der Waals surface area contributed by atoms with Gasteiger partial charge in [-0.3, -0.25) is 15.6 Å². The first-order valence-corrected chi connectivity index (χ1v) is 8.49. The van der Waals surface area contributed by atoms with Crippen molar-refractivity contribution in [3.8, 4) is 5.75 Å². The lowest BCUT2D eigenvalue weighted by molar-refractivity contribution is -0.274. The van der Waals surface area contributed by atoms with Gasteiger partial charge in [0.1, 0.15) is 11.6 Å². The minimum absolute atomic E-state index is 0.00664. The Balaban J connectivity index is 1.79. The van der Waals surface area contributed by atoms with Crippen LogP contribution >= 0.6 is 0 Å². The summed E-state index contributed by atoms with van der Waals surface area (Å²) in [7, 11) is 0. The number of hydrogen-bond acceptors (Lipinski definition) is 6. The maximum absolute atomic E-state index is 14.2. The number of anilines is 1. The molecule has 11 heteroatoms. The summed E-state index contributed by atoms with van der Waals surface area (Å²) in [5.74, 6) is -3.68. The number of furan rings is 1. The molecular weight excluding hydrogens is 422 g/mol. The highest BCUT2D eigenvalue weighted by Gasteiger charge is 2.33. The number of halogens is 4. The van der Waals surface area contributed by atoms with Gasteiger partial charge in [0.25, 0.3) is 11.8 Å². The van der Waals surface area contributed by atoms with Gasteiger partial charge in [0, 0.05) is 5.56 Å². The van der Waals surface area contributed by atoms with Crippen molar-refractivity contribution < 1.29 is 36.2 Å². The average molecular weight is 435 g/mol. The van der Waals surface area contributed by atoms with E-state index < -0.39 is 46.9 Å². The summed E-state index contributed by atoms with van der Waals surface area (Å²) in [6, 6.07) is 10.7. The summed E-state index contributed by atoms with van der Waals surface area (Å²) >= 11 is 0. The van der Waals surface area contributed by atoms with Crippen LogP contribution in [0.3, 0.4) is 0 Å². The smallest absolute Gasteiger partial charge is 0.459 e. The average Bonchev–Trinajstić information content (AvgIpc) is 3.23. The number of benzene rings is 2. The molecule has 0 spiro atoms. The zero-order chi connectivity index (χ0) is 22.6. The number of alkyl halides is 3. The molecule has 2 aromatic carbocycles. The highest BCUT2D eigenvalue weighted by Crippen LogP contribution is 2.27. The van der Waals surface area contributed by atoms with Crippen LogP contribution in [0.25, 0.3) is 0 Å². The Kier molecular flexibility index (Phi) is 6.05. The van der Waals surface area contributed by atoms with Crippen LogP contribution in [0.4, 0.5) is 23.2 Å². The Labute approximate surface area is 172 Å². The Morgan fingerprint density at radius 1 is 1.00 bits per heavy atom. The molecule has 0 radical (unpaired) electrons. The molecule has 31 heavy (non-hydrogen) atoms. The van der Waals surface area contributed by atoms with Gasteiger partial charge in [0.05, 0.1) is 17.5 Å². The normalized spacial score (nSPS) is 11.0. The zero-order valence-electron chi connectivity index (χ0n) is 15.4. The fourth-order valence-electron chi connectivity index (χ4n) is 2.44. The monoisotopic (exact) mass is 435 g/mol. The quantitative estimate of drug-likeness (QED) is 0.300. The number of para-hydroxylation sites is 1. The molecule has 7 nitrogen and oxygen atoms in total. The number of rotatable bonds is 5. The SMILES string of the molecule is N=C(OC(=N)c1ccco1)c1ccc(F)c(NC(=O)c2ccccc2OC(F)(F)F)c1. The minimum atomic E-state index is -5.02. The van der Waals surface area contributed by atoms with Gasteiger partial charge in [0.2, 0.25) is 5.90 Å². The number of carbonyl (C=O) groups excluding carboxylic acids is 1. The second kappa shape index (κ2) is 8.69. The van der Waals surface area contributed by atoms with Crippen LogP contribution in [-0.2, 0) is 4.74 Å². The molecule has 0 aliphatic carbocycles. The fourth-order valence-corrected chi connectivity index (χ4v) is 2.44. The third-order valence-corrected chi connectivity index (χ3v) is 3.78. The highest BCUT2D eigenvalue weighted by molar-refractivity contribution is 6.07. The van der Waals surface area contributed by atoms with Crippen molar-refractivity contribution in [2.24, 2.45) is 0 Å². The van der Waals surface area contributed by atoms with Crippen molar-refractivity contribution in [2.75, 3.05) is 5.32 Å². The van der Waals surface area contributed by atoms with Gasteiger partial charge in [0.15, 0.2) is 5.76 Å². The number of amides is 1. The van der Waals surface area contributed by atoms with Gasteiger partial charge in [-0.2, -0.15) is 0 Å². The third-order valence-electron chi connectivity index (χ3n) is 3.78. The molecule has 0 aliphatic heterocycles. The summed E-state index contributed by atoms with van der Waals surface area (Å²) in [5.41, 5.74) is -0.898. The molecule has 3 aromatic rings. The van der Waals surface area contributed by atoms with Crippen LogP contribution in [0.5, 0.6) is 5.75 Å². The second-order valence-corrected chi connectivity index (χ2v) is 5.93. The molecule has 3 rings (SSSR count). The molecular formula is C20H13F4N3O4. The number of ether oxygens (including phenoxy) is 2. The summed E-state index contributed by atoms with van der Waals surface area (Å²) < 4.78 is 65.6. The predicted molar refractivity (Wildman–Crippen MR) is 101 cm³/mol. The summed E-state index contributed by atoms with van der Waals surface area (Å²) in [6.45, 7) is 0. The van der Waals surface area contributed by atoms with Gasteiger partial charge in [-0.1, -0.05) is 12.1 Å². The summed E-state index contributed by atoms with van der Waals surface area (Å²) in [6.07, 6.45) is -3.71. The predicted octanol–water partition coefficient (Wildman–Crippen LogP) is 4.94. The lowest BCUT2D eigenvalue weighted by atomic mass is 10.1. The lowest BCUT2D eigenvalue weighted by Gasteiger charge is -2.14. The number of nitrogens with one attached hydrogen (secondary N) is 3. The van der Waals surface area contributed by atoms with E-state index in [9.17, 15) is 22.4 Å². The number of hydrogen-bond donors (Lipinski definition) is 3. The van der Waals surface area contributed by atoms with E-state index in [2.05, 4.69) is 10.1 Å². The minimum Gasteiger partial charge on any atom is -0.459 e. The van der Waals surface area contributed by atoms with E-state index in [1.165, 1.54) is 36.6 Å². The molecule has 0 unspecified atom stereocenters. The maximum Gasteiger partial charge on any atom is 0.573 e. The van der Waals surface area contributed by atoms with Crippen LogP contribution in [0.1, 0.15) is 21.7 Å². The van der Waals surface area contributed by atoms with E-state index in [0.29, 0.717) is 0 Å². The van der Waals surface area contributed by atoms with E-state index in [4.69, 9.17) is 20.0 Å². The van der Waals surface area contributed by atoms with Gasteiger partial charge < -0.3 is 19.2 Å². The van der Waals surface area contributed by atoms with E-state index in [0.717, 1.165) is 24.3 Å². The van der Waals surface area contributed by atoms with Crippen molar-refractivity contribution in [2.45, 2.75) is 6.36 Å². The van der Waals surface area contributed by atoms with Crippen LogP contribution in [-0.4, -0.2) is 24.1 Å². The fraction of sp³-hybridized carbons (Fsp3) is 0.0500. The zero-order valence-corrected chi connectivity index (χ0v) is 15.4. The first-order chi connectivity index (χ1) is 14.6. The lowest BCUT2D eigenvalue weighted by Crippen LogP contribution is -2.21. The topological polar surface area (TPSA) is 108 Å². The second-order valence-electron chi connectivity index (χ2n) is 5.93. The van der Waals surface area contributed by atoms with Crippen molar-refractivity contribution in [3.05, 3.63) is 83.6 Å². The molecule has 1 aromatic heterocycles. The van der Waals surface area contributed by atoms with Gasteiger partial charge in [-0.25, -0.2) is 4.39 Å². The van der Waals surface area contributed by atoms with Crippen molar-refractivity contribution >= 4 is 23.4 Å². The third kappa shape index (κ3) is 5.47. The van der Waals surface area contributed by atoms with Crippen LogP contribution in [0.15, 0.2) is 65.3 Å². The standard InChI is InChI=1S/C20H13F4N3O4/c21-13-8-7-11(17(25)30-18(26)16-6-3-9-29-16)10-14(13)27-19(28)12-4-1-2-5-15(12)31-20(22,23)24/h1-10,25-26H,(H,27,28). The molecule has 1 heterocycles. The Morgan fingerprint density at radius 2 is 1.74 bits per heavy atom. The van der Waals surface area contributed by atoms with E-state index in [-0.39, 0.29) is 11.3 Å². The summed E-state index contributed by atoms with van der Waals surface area (Å²) in [5, 5.41) is 17.8. The maximum atomic E-state index is 14.2. The molecule has 0 saturated heterocycles. The molecule has 3 N–H and O–H groups in total. The molecule has 0 aliphatic rings. The Bertz CT molecular complexity index is 1130. The molecule has 0 saturated carbocycles. The van der Waals surface area contributed by atoms with E-state index in [1.54, 1.807) is 0 Å². The van der Waals surface area contributed by atoms with E-state index >= 15 is 0 Å². The molecule has 1 amide bonds. The van der Waals surface area contributed by atoms with Crippen molar-refractivity contribution in [1.29, 1.82) is 10.8 Å². The largest absolute Gasteiger partial charge is 0.573 e. The van der Waals surface area contributed by atoms with Crippen LogP contribution in [0, 0.1) is 16.6 Å². The Hall–Kier alpha value is -4.15. The molecule has 0 bridgehead atoms. The van der Waals surface area contributed by atoms with Gasteiger partial charge in [-0.05, 0) is 42.5 Å². The first-order valence-electron chi connectivity index (χ1n) is 8.49. The molecule has 0 fully saturated rings. The van der Waals surface area contributed by atoms with Gasteiger partial charge in [-0.15, -0.1) is 13.2 Å². The molecule has 160 valence electrons. The van der Waals surface area contributed by atoms with Crippen molar-refractivity contribution in [1.82, 2.24) is 0 Å². The van der Waals surface area contributed by atoms with Crippen LogP contribution in [0.2, 0.25) is 0 Å².